The van der Waals surface area contributed by atoms with E-state index < -0.39 is 0 Å². The molecule has 29 heavy (non-hydrogen) atoms. The molecule has 1 aliphatic heterocycles. The SMILES string of the molecule is O=C1N=C(/C2=C/CCCCCCCC2)c2c(O)[nH]c(/C3=C/CCCCCCC3)c21. The zero-order valence-electron chi connectivity index (χ0n) is 17.6. The molecule has 0 unspecified atom stereocenters. The molecule has 2 aliphatic carbocycles. The van der Waals surface area contributed by atoms with E-state index in [0.717, 1.165) is 49.8 Å². The summed E-state index contributed by atoms with van der Waals surface area (Å²) in [6.07, 6.45) is 22.0. The number of aliphatic imine (C=N–C) groups is 1. The Bertz CT molecular complexity index is 841. The monoisotopic (exact) mass is 394 g/mol. The third-order valence-corrected chi connectivity index (χ3v) is 6.60. The summed E-state index contributed by atoms with van der Waals surface area (Å²) in [6, 6.07) is 0. The third kappa shape index (κ3) is 4.57. The molecule has 0 aromatic carbocycles. The Balaban J connectivity index is 1.66. The van der Waals surface area contributed by atoms with E-state index in [4.69, 9.17) is 0 Å². The highest BCUT2D eigenvalue weighted by Crippen LogP contribution is 2.39. The summed E-state index contributed by atoms with van der Waals surface area (Å²) in [6.45, 7) is 0. The lowest BCUT2D eigenvalue weighted by Gasteiger charge is -2.10. The smallest absolute Gasteiger partial charge is 0.280 e. The van der Waals surface area contributed by atoms with Gasteiger partial charge in [0.15, 0.2) is 5.88 Å². The molecule has 1 aromatic rings. The Morgan fingerprint density at radius 2 is 1.28 bits per heavy atom. The summed E-state index contributed by atoms with van der Waals surface area (Å²) < 4.78 is 0. The van der Waals surface area contributed by atoms with Gasteiger partial charge in [-0.05, 0) is 62.5 Å². The lowest BCUT2D eigenvalue weighted by Crippen LogP contribution is -2.04. The number of allylic oxidation sites excluding steroid dienone is 4. The maximum atomic E-state index is 12.9. The van der Waals surface area contributed by atoms with E-state index in [1.54, 1.807) is 0 Å². The zero-order valence-corrected chi connectivity index (χ0v) is 17.6. The van der Waals surface area contributed by atoms with E-state index in [1.165, 1.54) is 63.4 Å². The van der Waals surface area contributed by atoms with Crippen LogP contribution in [0.5, 0.6) is 5.88 Å². The van der Waals surface area contributed by atoms with E-state index in [1.807, 2.05) is 0 Å². The van der Waals surface area contributed by atoms with Gasteiger partial charge in [0.25, 0.3) is 5.91 Å². The van der Waals surface area contributed by atoms with Crippen molar-refractivity contribution in [2.75, 3.05) is 0 Å². The highest BCUT2D eigenvalue weighted by molar-refractivity contribution is 6.29. The van der Waals surface area contributed by atoms with Gasteiger partial charge in [0.2, 0.25) is 0 Å². The first-order valence-electron chi connectivity index (χ1n) is 11.7. The van der Waals surface area contributed by atoms with Crippen LogP contribution in [0.4, 0.5) is 0 Å². The van der Waals surface area contributed by atoms with E-state index in [9.17, 15) is 9.90 Å². The number of hydrogen-bond acceptors (Lipinski definition) is 2. The number of hydrogen-bond donors (Lipinski definition) is 2. The largest absolute Gasteiger partial charge is 0.494 e. The summed E-state index contributed by atoms with van der Waals surface area (Å²) in [5.74, 6) is -0.0846. The van der Waals surface area contributed by atoms with Crippen LogP contribution in [0.3, 0.4) is 0 Å². The van der Waals surface area contributed by atoms with E-state index in [0.29, 0.717) is 16.8 Å². The average Bonchev–Trinajstić information content (AvgIpc) is 3.28. The van der Waals surface area contributed by atoms with Gasteiger partial charge in [-0.3, -0.25) is 4.79 Å². The number of nitrogens with one attached hydrogen (secondary N) is 1. The molecule has 3 aliphatic rings. The van der Waals surface area contributed by atoms with E-state index in [2.05, 4.69) is 22.1 Å². The molecular weight excluding hydrogens is 360 g/mol. The quantitative estimate of drug-likeness (QED) is 0.576. The van der Waals surface area contributed by atoms with Gasteiger partial charge in [-0.2, -0.15) is 0 Å². The van der Waals surface area contributed by atoms with Gasteiger partial charge in [-0.15, -0.1) is 0 Å². The number of rotatable bonds is 2. The molecule has 0 atom stereocenters. The zero-order chi connectivity index (χ0) is 20.1. The minimum atomic E-state index is -0.194. The third-order valence-electron chi connectivity index (χ3n) is 6.60. The molecule has 2 heterocycles. The fourth-order valence-electron chi connectivity index (χ4n) is 4.97. The van der Waals surface area contributed by atoms with Crippen molar-refractivity contribution >= 4 is 17.2 Å². The van der Waals surface area contributed by atoms with Crippen LogP contribution in [0.25, 0.3) is 5.57 Å². The standard InChI is InChI=1S/C25H34N2O2/c28-24-20-21(23(27-24)19-16-12-8-4-5-9-13-17-19)25(29)26-22(20)18-14-10-6-2-1-3-7-11-15-18/h14,16,27-28H,1-13,15,17H2/b18-14+,19-16+. The maximum Gasteiger partial charge on any atom is 0.280 e. The van der Waals surface area contributed by atoms with E-state index >= 15 is 0 Å². The molecule has 4 heteroatoms. The van der Waals surface area contributed by atoms with Crippen molar-refractivity contribution in [3.05, 3.63) is 34.5 Å². The van der Waals surface area contributed by atoms with Gasteiger partial charge in [0, 0.05) is 0 Å². The Morgan fingerprint density at radius 1 is 0.724 bits per heavy atom. The van der Waals surface area contributed by atoms with Crippen LogP contribution in [-0.2, 0) is 0 Å². The molecule has 1 amide bonds. The van der Waals surface area contributed by atoms with Gasteiger partial charge in [0.1, 0.15) is 0 Å². The molecule has 156 valence electrons. The Kier molecular flexibility index (Phi) is 6.68. The van der Waals surface area contributed by atoms with Crippen LogP contribution >= 0.6 is 0 Å². The lowest BCUT2D eigenvalue weighted by molar-refractivity contribution is 0.101. The molecule has 0 fully saturated rings. The van der Waals surface area contributed by atoms with Crippen LogP contribution in [0.1, 0.15) is 118 Å². The number of carbonyl (C=O) groups excluding carboxylic acids is 1. The van der Waals surface area contributed by atoms with E-state index in [-0.39, 0.29) is 11.8 Å². The predicted octanol–water partition coefficient (Wildman–Crippen LogP) is 6.85. The number of H-pyrrole nitrogens is 1. The molecule has 0 radical (unpaired) electrons. The number of carbonyl (C=O) groups is 1. The molecule has 0 spiro atoms. The number of aromatic hydroxyl groups is 1. The van der Waals surface area contributed by atoms with Crippen molar-refractivity contribution in [3.8, 4) is 5.88 Å². The number of aromatic amines is 1. The highest BCUT2D eigenvalue weighted by atomic mass is 16.3. The molecule has 0 saturated carbocycles. The molecule has 0 bridgehead atoms. The van der Waals surface area contributed by atoms with Crippen molar-refractivity contribution in [3.63, 3.8) is 0 Å². The molecule has 2 N–H and O–H groups in total. The topological polar surface area (TPSA) is 65.4 Å². The van der Waals surface area contributed by atoms with Gasteiger partial charge in [-0.1, -0.05) is 57.1 Å². The second-order valence-electron chi connectivity index (χ2n) is 8.79. The first-order valence-corrected chi connectivity index (χ1v) is 11.7. The van der Waals surface area contributed by atoms with Crippen molar-refractivity contribution in [2.24, 2.45) is 4.99 Å². The fraction of sp³-hybridized carbons (Fsp3) is 0.600. The van der Waals surface area contributed by atoms with Gasteiger partial charge >= 0.3 is 0 Å². The van der Waals surface area contributed by atoms with Crippen LogP contribution in [0, 0.1) is 0 Å². The second-order valence-corrected chi connectivity index (χ2v) is 8.79. The Labute approximate surface area is 174 Å². The molecule has 4 nitrogen and oxygen atoms in total. The number of nitrogens with zero attached hydrogens (tertiary/aromatic N) is 1. The summed E-state index contributed by atoms with van der Waals surface area (Å²) in [5, 5.41) is 10.8. The number of aromatic nitrogens is 1. The fourth-order valence-corrected chi connectivity index (χ4v) is 4.97. The van der Waals surface area contributed by atoms with Crippen molar-refractivity contribution in [1.29, 1.82) is 0 Å². The van der Waals surface area contributed by atoms with Crippen molar-refractivity contribution in [1.82, 2.24) is 4.98 Å². The first-order chi connectivity index (χ1) is 14.3. The molecule has 0 saturated heterocycles. The van der Waals surface area contributed by atoms with Gasteiger partial charge in [-0.25, -0.2) is 4.99 Å². The van der Waals surface area contributed by atoms with Crippen LogP contribution in [-0.4, -0.2) is 21.7 Å². The number of fused-ring (bicyclic) bond motifs is 1. The predicted molar refractivity (Wildman–Crippen MR) is 119 cm³/mol. The van der Waals surface area contributed by atoms with Crippen molar-refractivity contribution in [2.45, 2.75) is 96.3 Å². The molecule has 4 rings (SSSR count). The summed E-state index contributed by atoms with van der Waals surface area (Å²) in [5.41, 5.74) is 5.09. The van der Waals surface area contributed by atoms with Gasteiger partial charge in [0.05, 0.1) is 22.5 Å². The minimum Gasteiger partial charge on any atom is -0.494 e. The molecule has 1 aromatic heterocycles. The molecular formula is C25H34N2O2. The van der Waals surface area contributed by atoms with Crippen molar-refractivity contribution < 1.29 is 9.90 Å². The summed E-state index contributed by atoms with van der Waals surface area (Å²) >= 11 is 0. The normalized spacial score (nSPS) is 25.5. The summed E-state index contributed by atoms with van der Waals surface area (Å²) in [7, 11) is 0. The van der Waals surface area contributed by atoms with Crippen LogP contribution in [0.2, 0.25) is 0 Å². The number of amides is 1. The highest BCUT2D eigenvalue weighted by Gasteiger charge is 2.34. The lowest BCUT2D eigenvalue weighted by atomic mass is 9.93. The maximum absolute atomic E-state index is 12.9. The Morgan fingerprint density at radius 3 is 1.97 bits per heavy atom. The minimum absolute atomic E-state index is 0.110. The summed E-state index contributed by atoms with van der Waals surface area (Å²) in [4.78, 5) is 20.5. The second kappa shape index (κ2) is 9.60. The van der Waals surface area contributed by atoms with Crippen LogP contribution in [0.15, 0.2) is 22.7 Å². The average molecular weight is 395 g/mol. The first kappa shape index (κ1) is 20.2. The Hall–Kier alpha value is -2.10. The van der Waals surface area contributed by atoms with Crippen LogP contribution < -0.4 is 0 Å². The van der Waals surface area contributed by atoms with Gasteiger partial charge < -0.3 is 10.1 Å².